The number of alkyl halides is 3. The maximum absolute atomic E-state index is 12.8. The number of hydrogen-bond acceptors (Lipinski definition) is 3. The summed E-state index contributed by atoms with van der Waals surface area (Å²) < 4.78 is 44.0. The maximum atomic E-state index is 12.8. The number of imide groups is 1. The number of ether oxygens (including phenoxy) is 1. The van der Waals surface area contributed by atoms with Crippen LogP contribution in [0.5, 0.6) is 0 Å². The van der Waals surface area contributed by atoms with Gasteiger partial charge in [-0.25, -0.2) is 4.90 Å². The zero-order valence-corrected chi connectivity index (χ0v) is 11.3. The lowest BCUT2D eigenvalue weighted by Gasteiger charge is -2.18. The molecule has 3 saturated heterocycles. The Bertz CT molecular complexity index is 644. The minimum Gasteiger partial charge on any atom is -0.373 e. The molecule has 0 radical (unpaired) electrons. The summed E-state index contributed by atoms with van der Waals surface area (Å²) >= 11 is 0. The van der Waals surface area contributed by atoms with Crippen molar-refractivity contribution in [1.29, 1.82) is 0 Å². The van der Waals surface area contributed by atoms with Gasteiger partial charge in [-0.05, 0) is 31.0 Å². The third kappa shape index (κ3) is 1.75. The number of nitrogens with zero attached hydrogens (tertiary/aromatic N) is 1. The van der Waals surface area contributed by atoms with Gasteiger partial charge in [0.25, 0.3) is 0 Å². The van der Waals surface area contributed by atoms with Crippen molar-refractivity contribution < 1.29 is 27.5 Å². The zero-order chi connectivity index (χ0) is 15.6. The normalized spacial score (nSPS) is 33.7. The molecular weight excluding hydrogens is 299 g/mol. The van der Waals surface area contributed by atoms with E-state index in [9.17, 15) is 22.8 Å². The van der Waals surface area contributed by atoms with Gasteiger partial charge in [-0.2, -0.15) is 13.2 Å². The lowest BCUT2D eigenvalue weighted by Crippen LogP contribution is -2.34. The second-order valence-corrected chi connectivity index (χ2v) is 5.90. The quantitative estimate of drug-likeness (QED) is 0.748. The van der Waals surface area contributed by atoms with Crippen LogP contribution in [0.25, 0.3) is 0 Å². The number of rotatable bonds is 1. The monoisotopic (exact) mass is 311 g/mol. The summed E-state index contributed by atoms with van der Waals surface area (Å²) in [4.78, 5) is 25.9. The molecule has 3 fully saturated rings. The minimum absolute atomic E-state index is 0.0152. The Morgan fingerprint density at radius 1 is 1.05 bits per heavy atom. The van der Waals surface area contributed by atoms with Gasteiger partial charge in [-0.1, -0.05) is 6.07 Å². The summed E-state index contributed by atoms with van der Waals surface area (Å²) in [7, 11) is 0. The van der Waals surface area contributed by atoms with Gasteiger partial charge in [0, 0.05) is 0 Å². The van der Waals surface area contributed by atoms with E-state index in [-0.39, 0.29) is 17.9 Å². The largest absolute Gasteiger partial charge is 0.416 e. The van der Waals surface area contributed by atoms with Gasteiger partial charge < -0.3 is 4.74 Å². The highest BCUT2D eigenvalue weighted by atomic mass is 19.4. The molecule has 3 aliphatic rings. The number of benzene rings is 1. The van der Waals surface area contributed by atoms with Crippen LogP contribution in [0.1, 0.15) is 18.4 Å². The van der Waals surface area contributed by atoms with Gasteiger partial charge in [-0.3, -0.25) is 9.59 Å². The minimum atomic E-state index is -4.51. The van der Waals surface area contributed by atoms with Crippen LogP contribution in [-0.4, -0.2) is 24.0 Å². The van der Waals surface area contributed by atoms with Crippen LogP contribution in [0.2, 0.25) is 0 Å². The predicted octanol–water partition coefficient (Wildman–Crippen LogP) is 2.37. The number of carbonyl (C=O) groups excluding carboxylic acids is 2. The van der Waals surface area contributed by atoms with Crippen LogP contribution in [0.3, 0.4) is 0 Å². The molecule has 0 N–H and O–H groups in total. The average molecular weight is 311 g/mol. The van der Waals surface area contributed by atoms with Crippen LogP contribution >= 0.6 is 0 Å². The molecule has 4 atom stereocenters. The van der Waals surface area contributed by atoms with Gasteiger partial charge in [0.2, 0.25) is 11.8 Å². The number of hydrogen-bond donors (Lipinski definition) is 0. The SMILES string of the molecule is O=C1[C@@H]2[C@H](C(=O)N1c1cccc(C(F)(F)F)c1)[C@H]1CC[C@@H]2O1. The molecule has 0 aromatic heterocycles. The van der Waals surface area contributed by atoms with Gasteiger partial charge in [0.1, 0.15) is 0 Å². The molecule has 116 valence electrons. The lowest BCUT2D eigenvalue weighted by molar-refractivity contribution is -0.137. The van der Waals surface area contributed by atoms with Crippen LogP contribution in [0.15, 0.2) is 24.3 Å². The standard InChI is InChI=1S/C15H12F3NO3/c16-15(17,18)7-2-1-3-8(6-7)19-13(20)11-9-4-5-10(22-9)12(11)14(19)21/h1-3,6,9-12H,4-5H2/t9-,10+,11-,12+. The molecule has 0 aliphatic carbocycles. The fourth-order valence-electron chi connectivity index (χ4n) is 3.79. The third-order valence-corrected chi connectivity index (χ3v) is 4.72. The third-order valence-electron chi connectivity index (χ3n) is 4.72. The summed E-state index contributed by atoms with van der Waals surface area (Å²) in [5.41, 5.74) is -0.888. The van der Waals surface area contributed by atoms with Crippen LogP contribution in [0, 0.1) is 11.8 Å². The van der Waals surface area contributed by atoms with E-state index in [4.69, 9.17) is 4.74 Å². The molecule has 2 bridgehead atoms. The van der Waals surface area contributed by atoms with E-state index in [1.54, 1.807) is 0 Å². The Morgan fingerprint density at radius 3 is 2.18 bits per heavy atom. The second kappa shape index (κ2) is 4.32. The predicted molar refractivity (Wildman–Crippen MR) is 68.8 cm³/mol. The van der Waals surface area contributed by atoms with Crippen molar-refractivity contribution >= 4 is 17.5 Å². The molecule has 3 heterocycles. The number of amides is 2. The van der Waals surface area contributed by atoms with Crippen molar-refractivity contribution in [3.63, 3.8) is 0 Å². The van der Waals surface area contributed by atoms with Crippen molar-refractivity contribution in [3.05, 3.63) is 29.8 Å². The fraction of sp³-hybridized carbons (Fsp3) is 0.467. The smallest absolute Gasteiger partial charge is 0.373 e. The van der Waals surface area contributed by atoms with Crippen molar-refractivity contribution in [3.8, 4) is 0 Å². The summed E-state index contributed by atoms with van der Waals surface area (Å²) in [5, 5.41) is 0. The highest BCUT2D eigenvalue weighted by molar-refractivity contribution is 6.22. The molecule has 0 unspecified atom stereocenters. The van der Waals surface area contributed by atoms with E-state index in [0.29, 0.717) is 0 Å². The molecule has 22 heavy (non-hydrogen) atoms. The Balaban J connectivity index is 1.72. The first-order valence-electron chi connectivity index (χ1n) is 7.08. The highest BCUT2D eigenvalue weighted by Gasteiger charge is 2.62. The van der Waals surface area contributed by atoms with E-state index in [0.717, 1.165) is 29.9 Å². The van der Waals surface area contributed by atoms with Crippen molar-refractivity contribution in [2.75, 3.05) is 4.90 Å². The zero-order valence-electron chi connectivity index (χ0n) is 11.3. The van der Waals surface area contributed by atoms with Gasteiger partial charge >= 0.3 is 6.18 Å². The first-order valence-corrected chi connectivity index (χ1v) is 7.08. The van der Waals surface area contributed by atoms with E-state index in [2.05, 4.69) is 0 Å². The number of anilines is 1. The van der Waals surface area contributed by atoms with Crippen LogP contribution < -0.4 is 4.90 Å². The maximum Gasteiger partial charge on any atom is 0.416 e. The number of halogens is 3. The van der Waals surface area contributed by atoms with Gasteiger partial charge in [0.15, 0.2) is 0 Å². The first kappa shape index (κ1) is 13.8. The van der Waals surface area contributed by atoms with Crippen LogP contribution in [0.4, 0.5) is 18.9 Å². The molecule has 1 aromatic carbocycles. The molecule has 0 saturated carbocycles. The van der Waals surface area contributed by atoms with Gasteiger partial charge in [0.05, 0.1) is 35.3 Å². The molecule has 2 amide bonds. The van der Waals surface area contributed by atoms with E-state index in [1.165, 1.54) is 12.1 Å². The molecular formula is C15H12F3NO3. The summed E-state index contributed by atoms with van der Waals surface area (Å²) in [5.74, 6) is -1.97. The molecule has 1 aromatic rings. The summed E-state index contributed by atoms with van der Waals surface area (Å²) in [6, 6.07) is 4.33. The molecule has 7 heteroatoms. The Morgan fingerprint density at radius 2 is 1.64 bits per heavy atom. The summed E-state index contributed by atoms with van der Waals surface area (Å²) in [6.07, 6.45) is -3.62. The average Bonchev–Trinajstić information content (AvgIpc) is 3.12. The molecule has 4 rings (SSSR count). The fourth-order valence-corrected chi connectivity index (χ4v) is 3.79. The molecule has 3 aliphatic heterocycles. The van der Waals surface area contributed by atoms with E-state index >= 15 is 0 Å². The molecule has 4 nitrogen and oxygen atoms in total. The van der Waals surface area contributed by atoms with Crippen molar-refractivity contribution in [2.45, 2.75) is 31.2 Å². The highest BCUT2D eigenvalue weighted by Crippen LogP contribution is 2.49. The van der Waals surface area contributed by atoms with Gasteiger partial charge in [-0.15, -0.1) is 0 Å². The van der Waals surface area contributed by atoms with Crippen LogP contribution in [-0.2, 0) is 20.5 Å². The Hall–Kier alpha value is -1.89. The second-order valence-electron chi connectivity index (χ2n) is 5.90. The summed E-state index contributed by atoms with van der Waals surface area (Å²) in [6.45, 7) is 0. The first-order chi connectivity index (χ1) is 10.4. The van der Waals surface area contributed by atoms with E-state index in [1.807, 2.05) is 0 Å². The topological polar surface area (TPSA) is 46.6 Å². The molecule has 0 spiro atoms. The Kier molecular flexibility index (Phi) is 2.70. The van der Waals surface area contributed by atoms with E-state index < -0.39 is 35.4 Å². The number of fused-ring (bicyclic) bond motifs is 5. The lowest BCUT2D eigenvalue weighted by atomic mass is 9.81. The van der Waals surface area contributed by atoms with Crippen molar-refractivity contribution in [1.82, 2.24) is 0 Å². The van der Waals surface area contributed by atoms with Crippen molar-refractivity contribution in [2.24, 2.45) is 11.8 Å². The Labute approximate surface area is 123 Å². The number of carbonyl (C=O) groups is 2.